The fraction of sp³-hybridized carbons (Fsp3) is 0.523. The molecular formula is C44H58F3NO2. The monoisotopic (exact) mass is 689 g/mol. The number of anilines is 1. The maximum absolute atomic E-state index is 13.9. The zero-order valence-corrected chi connectivity index (χ0v) is 32.2. The van der Waals surface area contributed by atoms with Crippen molar-refractivity contribution in [3.63, 3.8) is 0 Å². The minimum atomic E-state index is -4.45. The molecule has 0 spiro atoms. The van der Waals surface area contributed by atoms with E-state index in [2.05, 4.69) is 85.1 Å². The van der Waals surface area contributed by atoms with Crippen LogP contribution in [0.1, 0.15) is 128 Å². The molecule has 0 fully saturated rings. The second-order valence-corrected chi connectivity index (χ2v) is 16.2. The summed E-state index contributed by atoms with van der Waals surface area (Å²) in [5.41, 5.74) is 5.72. The second kappa shape index (κ2) is 15.0. The van der Waals surface area contributed by atoms with Gasteiger partial charge in [-0.15, -0.1) is 0 Å². The van der Waals surface area contributed by atoms with Crippen LogP contribution in [0.4, 0.5) is 18.9 Å². The molecule has 2 aromatic rings. The van der Waals surface area contributed by atoms with Crippen LogP contribution in [0.5, 0.6) is 0 Å². The average molecular weight is 690 g/mol. The van der Waals surface area contributed by atoms with Crippen molar-refractivity contribution in [2.75, 3.05) is 18.6 Å². The molecule has 1 heterocycles. The highest BCUT2D eigenvalue weighted by molar-refractivity contribution is 6.21. The lowest BCUT2D eigenvalue weighted by Gasteiger charge is -2.33. The number of ether oxygens (including phenoxy) is 1. The maximum atomic E-state index is 13.9. The standard InChI is InChI=1S/C44H58F3NO2/c1-13-31(16-14-15-27(2)3)33-19-17-29(6)23-36(33)42(8,9)30(7)24-34-40(49)35(41(34)50-12)26-39-43(10,11)37-25-32(44(45,46)47)18-20-38(37)48(39)22-21-28(4)5/h17-20,23-28,31H,7,13-16,21-22H2,1-6,8-12H3/b34-24-,39-26-. The van der Waals surface area contributed by atoms with E-state index in [-0.39, 0.29) is 5.78 Å². The lowest BCUT2D eigenvalue weighted by molar-refractivity contribution is -0.137. The van der Waals surface area contributed by atoms with E-state index in [1.54, 1.807) is 13.2 Å². The van der Waals surface area contributed by atoms with Crippen LogP contribution >= 0.6 is 0 Å². The number of rotatable bonds is 14. The lowest BCUT2D eigenvalue weighted by atomic mass is 9.71. The number of allylic oxidation sites excluding steroid dienone is 6. The molecule has 1 unspecified atom stereocenters. The van der Waals surface area contributed by atoms with Crippen LogP contribution in [-0.4, -0.2) is 19.4 Å². The first kappa shape index (κ1) is 39.2. The minimum Gasteiger partial charge on any atom is -0.495 e. The van der Waals surface area contributed by atoms with Crippen LogP contribution in [0.3, 0.4) is 0 Å². The number of carbonyl (C=O) groups is 1. The van der Waals surface area contributed by atoms with Crippen LogP contribution in [-0.2, 0) is 26.5 Å². The quantitative estimate of drug-likeness (QED) is 0.185. The number of hydrogen-bond acceptors (Lipinski definition) is 3. The molecule has 0 amide bonds. The summed E-state index contributed by atoms with van der Waals surface area (Å²) in [5, 5.41) is 0. The van der Waals surface area contributed by atoms with Crippen molar-refractivity contribution in [2.24, 2.45) is 11.8 Å². The Morgan fingerprint density at radius 2 is 1.66 bits per heavy atom. The van der Waals surface area contributed by atoms with Gasteiger partial charge in [0.25, 0.3) is 0 Å². The topological polar surface area (TPSA) is 29.5 Å². The molecule has 272 valence electrons. The van der Waals surface area contributed by atoms with Crippen molar-refractivity contribution < 1.29 is 22.7 Å². The molecule has 0 aromatic heterocycles. The number of methoxy groups -OCH3 is 1. The summed E-state index contributed by atoms with van der Waals surface area (Å²) in [6.45, 7) is 26.5. The first-order chi connectivity index (χ1) is 23.2. The Hall–Kier alpha value is -3.54. The summed E-state index contributed by atoms with van der Waals surface area (Å²) in [5.74, 6) is 1.84. The van der Waals surface area contributed by atoms with Crippen molar-refractivity contribution in [3.05, 3.63) is 111 Å². The second-order valence-electron chi connectivity index (χ2n) is 16.2. The number of halogens is 3. The van der Waals surface area contributed by atoms with Gasteiger partial charge < -0.3 is 9.64 Å². The Bertz CT molecular complexity index is 1700. The van der Waals surface area contributed by atoms with E-state index in [1.807, 2.05) is 26.0 Å². The molecule has 0 radical (unpaired) electrons. The molecule has 1 aliphatic heterocycles. The smallest absolute Gasteiger partial charge is 0.416 e. The van der Waals surface area contributed by atoms with E-state index >= 15 is 0 Å². The average Bonchev–Trinajstić information content (AvgIpc) is 3.25. The Morgan fingerprint density at radius 1 is 1.00 bits per heavy atom. The molecule has 2 aromatic carbocycles. The molecule has 6 heteroatoms. The highest BCUT2D eigenvalue weighted by atomic mass is 19.4. The minimum absolute atomic E-state index is 0.151. The molecule has 50 heavy (non-hydrogen) atoms. The number of nitrogens with zero attached hydrogens (tertiary/aromatic N) is 1. The Kier molecular flexibility index (Phi) is 11.8. The molecule has 0 saturated carbocycles. The van der Waals surface area contributed by atoms with Gasteiger partial charge in [0.2, 0.25) is 5.78 Å². The zero-order valence-electron chi connectivity index (χ0n) is 32.2. The van der Waals surface area contributed by atoms with Crippen molar-refractivity contribution in [2.45, 2.75) is 124 Å². The van der Waals surface area contributed by atoms with E-state index in [0.717, 1.165) is 42.3 Å². The fourth-order valence-electron chi connectivity index (χ4n) is 7.44. The lowest BCUT2D eigenvalue weighted by Crippen LogP contribution is -2.31. The summed E-state index contributed by atoms with van der Waals surface area (Å²) in [6.07, 6.45) is 4.68. The van der Waals surface area contributed by atoms with Gasteiger partial charge in [-0.2, -0.15) is 13.2 Å². The van der Waals surface area contributed by atoms with Gasteiger partial charge in [0.15, 0.2) is 0 Å². The number of fused-ring (bicyclic) bond motifs is 1. The zero-order chi connectivity index (χ0) is 37.3. The molecule has 1 aliphatic carbocycles. The predicted octanol–water partition coefficient (Wildman–Crippen LogP) is 12.3. The van der Waals surface area contributed by atoms with Crippen LogP contribution in [0, 0.1) is 18.8 Å². The molecule has 3 nitrogen and oxygen atoms in total. The van der Waals surface area contributed by atoms with E-state index in [1.165, 1.54) is 35.6 Å². The van der Waals surface area contributed by atoms with Crippen LogP contribution in [0.25, 0.3) is 0 Å². The molecular weight excluding hydrogens is 631 g/mol. The number of aryl methyl sites for hydroxylation is 1. The van der Waals surface area contributed by atoms with Crippen LogP contribution in [0.15, 0.2) is 83.3 Å². The van der Waals surface area contributed by atoms with Gasteiger partial charge in [0.05, 0.1) is 23.8 Å². The normalized spacial score (nSPS) is 18.4. The van der Waals surface area contributed by atoms with Gasteiger partial charge in [-0.05, 0) is 96.6 Å². The highest BCUT2D eigenvalue weighted by Gasteiger charge is 2.44. The number of ketones is 1. The van der Waals surface area contributed by atoms with Gasteiger partial charge in [-0.1, -0.05) is 105 Å². The third-order valence-electron chi connectivity index (χ3n) is 10.9. The third-order valence-corrected chi connectivity index (χ3v) is 10.9. The van der Waals surface area contributed by atoms with Gasteiger partial charge in [0, 0.05) is 28.8 Å². The van der Waals surface area contributed by atoms with Gasteiger partial charge in [-0.25, -0.2) is 0 Å². The molecule has 0 saturated heterocycles. The molecule has 2 aliphatic rings. The van der Waals surface area contributed by atoms with Crippen LogP contribution in [0.2, 0.25) is 0 Å². The number of Topliss-reactive ketones (excluding diaryl/α,β-unsaturated/α-hetero) is 1. The SMILES string of the molecule is C=C(/C=C1/C(=O)C(/C=C2\N(CCC(C)C)c3ccc(C(F)(F)F)cc3C2(C)C)=C1OC)C(C)(C)c1cc(C)ccc1C(CC)CCCC(C)C. The van der Waals surface area contributed by atoms with E-state index < -0.39 is 22.6 Å². The van der Waals surface area contributed by atoms with Gasteiger partial charge >= 0.3 is 6.18 Å². The Balaban J connectivity index is 1.74. The Morgan fingerprint density at radius 3 is 2.24 bits per heavy atom. The fourth-order valence-corrected chi connectivity index (χ4v) is 7.44. The number of benzene rings is 2. The summed E-state index contributed by atoms with van der Waals surface area (Å²) >= 11 is 0. The van der Waals surface area contributed by atoms with Crippen LogP contribution < -0.4 is 4.90 Å². The molecule has 0 bridgehead atoms. The van der Waals surface area contributed by atoms with Crippen molar-refractivity contribution >= 4 is 11.5 Å². The van der Waals surface area contributed by atoms with Crippen molar-refractivity contribution in [1.29, 1.82) is 0 Å². The van der Waals surface area contributed by atoms with Crippen molar-refractivity contribution in [3.8, 4) is 0 Å². The molecule has 0 N–H and O–H groups in total. The molecule has 4 rings (SSSR count). The number of carbonyl (C=O) groups excluding carboxylic acids is 1. The summed E-state index contributed by atoms with van der Waals surface area (Å²) in [4.78, 5) is 16.0. The first-order valence-electron chi connectivity index (χ1n) is 18.3. The van der Waals surface area contributed by atoms with E-state index in [0.29, 0.717) is 46.8 Å². The summed E-state index contributed by atoms with van der Waals surface area (Å²) in [7, 11) is 1.56. The Labute approximate surface area is 299 Å². The highest BCUT2D eigenvalue weighted by Crippen LogP contribution is 2.51. The maximum Gasteiger partial charge on any atom is 0.416 e. The summed E-state index contributed by atoms with van der Waals surface area (Å²) in [6, 6.07) is 10.7. The van der Waals surface area contributed by atoms with Gasteiger partial charge in [-0.3, -0.25) is 4.79 Å². The predicted molar refractivity (Wildman–Crippen MR) is 202 cm³/mol. The van der Waals surface area contributed by atoms with Crippen molar-refractivity contribution in [1.82, 2.24) is 0 Å². The summed E-state index contributed by atoms with van der Waals surface area (Å²) < 4.78 is 47.2. The van der Waals surface area contributed by atoms with E-state index in [4.69, 9.17) is 4.74 Å². The first-order valence-corrected chi connectivity index (χ1v) is 18.3. The van der Waals surface area contributed by atoms with E-state index in [9.17, 15) is 18.0 Å². The largest absolute Gasteiger partial charge is 0.495 e. The number of alkyl halides is 3. The number of hydrogen-bond donors (Lipinski definition) is 0. The third kappa shape index (κ3) is 7.85. The molecule has 1 atom stereocenters. The van der Waals surface area contributed by atoms with Gasteiger partial charge in [0.1, 0.15) is 5.76 Å².